The third-order valence-electron chi connectivity index (χ3n) is 3.88. The maximum Gasteiger partial charge on any atom is 0.348 e. The highest BCUT2D eigenvalue weighted by Gasteiger charge is 2.13. The molecule has 3 N–H and O–H groups in total. The molecule has 0 aliphatic heterocycles. The molecule has 0 unspecified atom stereocenters. The van der Waals surface area contributed by atoms with Crippen LogP contribution in [-0.2, 0) is 11.3 Å². The molecule has 1 aromatic carbocycles. The van der Waals surface area contributed by atoms with Crippen LogP contribution in [0.3, 0.4) is 0 Å². The number of rotatable bonds is 8. The number of ether oxygens (including phenoxy) is 1. The molecule has 0 spiro atoms. The number of aromatic nitrogens is 4. The lowest BCUT2D eigenvalue weighted by Crippen LogP contribution is -2.21. The van der Waals surface area contributed by atoms with Gasteiger partial charge >= 0.3 is 5.69 Å². The molecule has 0 bridgehead atoms. The second-order valence-corrected chi connectivity index (χ2v) is 6.87. The van der Waals surface area contributed by atoms with Gasteiger partial charge in [-0.05, 0) is 45.4 Å². The van der Waals surface area contributed by atoms with Crippen LogP contribution < -0.4 is 16.3 Å². The van der Waals surface area contributed by atoms with Crippen LogP contribution in [0.2, 0.25) is 0 Å². The molecule has 3 aromatic rings. The maximum atomic E-state index is 12.3. The first-order chi connectivity index (χ1) is 12.5. The van der Waals surface area contributed by atoms with E-state index in [4.69, 9.17) is 4.74 Å². The minimum Gasteiger partial charge on any atom is -0.377 e. The summed E-state index contributed by atoms with van der Waals surface area (Å²) in [7, 11) is 0. The van der Waals surface area contributed by atoms with Crippen molar-refractivity contribution >= 4 is 22.5 Å². The Labute approximate surface area is 152 Å². The molecule has 2 aromatic heterocycles. The van der Waals surface area contributed by atoms with Gasteiger partial charge in [0.05, 0.1) is 23.7 Å². The second-order valence-electron chi connectivity index (χ2n) is 6.87. The first-order valence-corrected chi connectivity index (χ1v) is 8.94. The van der Waals surface area contributed by atoms with Gasteiger partial charge in [0.2, 0.25) is 5.65 Å². The number of fused-ring (bicyclic) bond motifs is 3. The highest BCUT2D eigenvalue weighted by molar-refractivity contribution is 5.83. The number of anilines is 1. The zero-order valence-electron chi connectivity index (χ0n) is 15.7. The first-order valence-electron chi connectivity index (χ1n) is 8.94. The van der Waals surface area contributed by atoms with E-state index >= 15 is 0 Å². The van der Waals surface area contributed by atoms with E-state index in [1.165, 1.54) is 0 Å². The van der Waals surface area contributed by atoms with Crippen molar-refractivity contribution in [1.82, 2.24) is 24.9 Å². The van der Waals surface area contributed by atoms with Crippen LogP contribution in [0.1, 0.15) is 33.3 Å². The molecular formula is C18H26N6O2. The van der Waals surface area contributed by atoms with Gasteiger partial charge in [-0.15, -0.1) is 5.10 Å². The number of aromatic amines is 1. The molecule has 0 aliphatic rings. The van der Waals surface area contributed by atoms with Gasteiger partial charge in [0, 0.05) is 19.1 Å². The van der Waals surface area contributed by atoms with Gasteiger partial charge < -0.3 is 15.4 Å². The lowest BCUT2D eigenvalue weighted by Gasteiger charge is -2.12. The van der Waals surface area contributed by atoms with Gasteiger partial charge in [-0.2, -0.15) is 0 Å². The standard InChI is InChI=1S/C18H26N6O2/c1-11(2)20-16-17-22-23-18(25)24(17)15-9-13(5-6-14(15)21-16)10-19-7-8-26-12(3)4/h5-6,9,11-12,19H,7-8,10H2,1-4H3,(H,20,21)(H,23,25). The fourth-order valence-corrected chi connectivity index (χ4v) is 2.77. The monoisotopic (exact) mass is 358 g/mol. The molecule has 140 valence electrons. The van der Waals surface area contributed by atoms with E-state index in [1.54, 1.807) is 4.40 Å². The van der Waals surface area contributed by atoms with Crippen molar-refractivity contribution in [1.29, 1.82) is 0 Å². The molecule has 0 radical (unpaired) electrons. The molecule has 0 fully saturated rings. The van der Waals surface area contributed by atoms with Crippen molar-refractivity contribution < 1.29 is 4.74 Å². The number of hydrogen-bond acceptors (Lipinski definition) is 6. The quantitative estimate of drug-likeness (QED) is 0.532. The number of benzene rings is 1. The Morgan fingerprint density at radius 3 is 2.81 bits per heavy atom. The average molecular weight is 358 g/mol. The van der Waals surface area contributed by atoms with Gasteiger partial charge in [-0.3, -0.25) is 0 Å². The Morgan fingerprint density at radius 1 is 1.27 bits per heavy atom. The molecule has 26 heavy (non-hydrogen) atoms. The van der Waals surface area contributed by atoms with Crippen molar-refractivity contribution in [3.8, 4) is 0 Å². The largest absolute Gasteiger partial charge is 0.377 e. The van der Waals surface area contributed by atoms with Crippen molar-refractivity contribution in [2.75, 3.05) is 18.5 Å². The van der Waals surface area contributed by atoms with Gasteiger partial charge in [0.15, 0.2) is 5.82 Å². The molecule has 0 aliphatic carbocycles. The topological polar surface area (TPSA) is 96.3 Å². The summed E-state index contributed by atoms with van der Waals surface area (Å²) in [4.78, 5) is 16.9. The first kappa shape index (κ1) is 18.3. The zero-order chi connectivity index (χ0) is 18.7. The third-order valence-corrected chi connectivity index (χ3v) is 3.88. The summed E-state index contributed by atoms with van der Waals surface area (Å²) in [6, 6.07) is 6.11. The van der Waals surface area contributed by atoms with E-state index in [0.29, 0.717) is 24.6 Å². The molecule has 8 heteroatoms. The second kappa shape index (κ2) is 7.84. The predicted octanol–water partition coefficient (Wildman–Crippen LogP) is 1.91. The fraction of sp³-hybridized carbons (Fsp3) is 0.500. The molecular weight excluding hydrogens is 332 g/mol. The van der Waals surface area contributed by atoms with Crippen molar-refractivity contribution in [3.05, 3.63) is 34.2 Å². The van der Waals surface area contributed by atoms with E-state index < -0.39 is 0 Å². The van der Waals surface area contributed by atoms with E-state index in [0.717, 1.165) is 23.1 Å². The van der Waals surface area contributed by atoms with Crippen molar-refractivity contribution in [2.45, 2.75) is 46.4 Å². The summed E-state index contributed by atoms with van der Waals surface area (Å²) >= 11 is 0. The summed E-state index contributed by atoms with van der Waals surface area (Å²) in [5, 5.41) is 13.2. The molecule has 0 amide bonds. The van der Waals surface area contributed by atoms with Crippen molar-refractivity contribution in [3.63, 3.8) is 0 Å². The van der Waals surface area contributed by atoms with Crippen LogP contribution in [0, 0.1) is 0 Å². The highest BCUT2D eigenvalue weighted by Crippen LogP contribution is 2.20. The molecule has 3 rings (SSSR count). The normalized spacial score (nSPS) is 11.9. The maximum absolute atomic E-state index is 12.3. The van der Waals surface area contributed by atoms with Gasteiger partial charge in [-0.25, -0.2) is 19.3 Å². The highest BCUT2D eigenvalue weighted by atomic mass is 16.5. The molecule has 0 saturated heterocycles. The Balaban J connectivity index is 1.88. The lowest BCUT2D eigenvalue weighted by atomic mass is 10.2. The van der Waals surface area contributed by atoms with Gasteiger partial charge in [0.1, 0.15) is 0 Å². The fourth-order valence-electron chi connectivity index (χ4n) is 2.77. The van der Waals surface area contributed by atoms with Crippen LogP contribution in [0.4, 0.5) is 5.82 Å². The Bertz CT molecular complexity index is 944. The number of hydrogen-bond donors (Lipinski definition) is 3. The minimum atomic E-state index is -0.269. The van der Waals surface area contributed by atoms with E-state index in [-0.39, 0.29) is 17.8 Å². The number of nitrogens with zero attached hydrogens (tertiary/aromatic N) is 3. The van der Waals surface area contributed by atoms with Gasteiger partial charge in [0.25, 0.3) is 0 Å². The average Bonchev–Trinajstić information content (AvgIpc) is 2.97. The minimum absolute atomic E-state index is 0.187. The summed E-state index contributed by atoms with van der Waals surface area (Å²) in [6.07, 6.45) is 0.235. The Morgan fingerprint density at radius 2 is 2.08 bits per heavy atom. The SMILES string of the molecule is CC(C)Nc1nc2ccc(CNCCOC(C)C)cc2n2c(=O)[nH]nc12. The van der Waals surface area contributed by atoms with Crippen LogP contribution in [0.15, 0.2) is 23.0 Å². The molecule has 0 saturated carbocycles. The summed E-state index contributed by atoms with van der Waals surface area (Å²) in [6.45, 7) is 10.2. The summed E-state index contributed by atoms with van der Waals surface area (Å²) < 4.78 is 7.09. The van der Waals surface area contributed by atoms with Crippen LogP contribution >= 0.6 is 0 Å². The molecule has 8 nitrogen and oxygen atoms in total. The number of nitrogens with one attached hydrogen (secondary N) is 3. The number of H-pyrrole nitrogens is 1. The summed E-state index contributed by atoms with van der Waals surface area (Å²) in [5.74, 6) is 0.600. The third kappa shape index (κ3) is 4.03. The van der Waals surface area contributed by atoms with Crippen molar-refractivity contribution in [2.24, 2.45) is 0 Å². The van der Waals surface area contributed by atoms with Crippen LogP contribution in [0.5, 0.6) is 0 Å². The molecule has 0 atom stereocenters. The predicted molar refractivity (Wildman–Crippen MR) is 103 cm³/mol. The van der Waals surface area contributed by atoms with E-state index in [2.05, 4.69) is 25.8 Å². The van der Waals surface area contributed by atoms with E-state index in [1.807, 2.05) is 45.9 Å². The molecule has 2 heterocycles. The smallest absolute Gasteiger partial charge is 0.348 e. The van der Waals surface area contributed by atoms with E-state index in [9.17, 15) is 4.79 Å². The lowest BCUT2D eigenvalue weighted by molar-refractivity contribution is 0.0807. The Kier molecular flexibility index (Phi) is 5.53. The Hall–Kier alpha value is -2.45. The van der Waals surface area contributed by atoms with Gasteiger partial charge in [-0.1, -0.05) is 6.07 Å². The van der Waals surface area contributed by atoms with Crippen LogP contribution in [0.25, 0.3) is 16.7 Å². The zero-order valence-corrected chi connectivity index (χ0v) is 15.7. The summed E-state index contributed by atoms with van der Waals surface area (Å²) in [5.41, 5.74) is 2.80. The van der Waals surface area contributed by atoms with Crippen LogP contribution in [-0.4, -0.2) is 44.9 Å².